The number of hydrogen-bond donors (Lipinski definition) is 2. The first-order valence-electron chi connectivity index (χ1n) is 7.09. The van der Waals surface area contributed by atoms with E-state index < -0.39 is 0 Å². The fraction of sp³-hybridized carbons (Fsp3) is 0.562. The molecule has 1 aromatic carbocycles. The van der Waals surface area contributed by atoms with Gasteiger partial charge in [-0.25, -0.2) is 0 Å². The quantitative estimate of drug-likeness (QED) is 0.876. The van der Waals surface area contributed by atoms with E-state index in [0.29, 0.717) is 0 Å². The molecule has 19 heavy (non-hydrogen) atoms. The summed E-state index contributed by atoms with van der Waals surface area (Å²) in [4.78, 5) is 12.3. The number of nitrogens with one attached hydrogen (secondary N) is 2. The summed E-state index contributed by atoms with van der Waals surface area (Å²) < 4.78 is 0. The lowest BCUT2D eigenvalue weighted by molar-refractivity contribution is -0.127. The maximum atomic E-state index is 12.3. The summed E-state index contributed by atoms with van der Waals surface area (Å²) in [6.07, 6.45) is 1.88. The zero-order chi connectivity index (χ0) is 13.9. The van der Waals surface area contributed by atoms with Crippen molar-refractivity contribution >= 4 is 5.91 Å². The Bertz CT molecular complexity index is 448. The molecule has 0 aromatic heterocycles. The number of amides is 1. The Kier molecular flexibility index (Phi) is 4.25. The molecule has 0 atom stereocenters. The molecule has 1 aliphatic heterocycles. The lowest BCUT2D eigenvalue weighted by atomic mass is 9.90. The summed E-state index contributed by atoms with van der Waals surface area (Å²) in [7, 11) is 0. The maximum Gasteiger partial charge on any atom is 0.223 e. The van der Waals surface area contributed by atoms with Crippen LogP contribution in [-0.2, 0) is 10.3 Å². The van der Waals surface area contributed by atoms with E-state index in [1.165, 1.54) is 5.56 Å². The first-order valence-corrected chi connectivity index (χ1v) is 7.09. The van der Waals surface area contributed by atoms with Gasteiger partial charge < -0.3 is 10.6 Å². The van der Waals surface area contributed by atoms with Crippen LogP contribution >= 0.6 is 0 Å². The van der Waals surface area contributed by atoms with Gasteiger partial charge in [-0.3, -0.25) is 4.79 Å². The van der Waals surface area contributed by atoms with Crippen LogP contribution in [0.4, 0.5) is 0 Å². The highest BCUT2D eigenvalue weighted by atomic mass is 16.2. The van der Waals surface area contributed by atoms with Gasteiger partial charge in [-0.15, -0.1) is 0 Å². The van der Waals surface area contributed by atoms with Crippen LogP contribution in [0.1, 0.15) is 37.8 Å². The van der Waals surface area contributed by atoms with E-state index in [4.69, 9.17) is 0 Å². The Morgan fingerprint density at radius 1 is 1.32 bits per heavy atom. The standard InChI is InChI=1S/C16H24N2O/c1-12-5-4-6-14(11-12)16(2,3)18-15(19)13-7-9-17-10-8-13/h4-6,11,13,17H,7-10H2,1-3H3,(H,18,19). The maximum absolute atomic E-state index is 12.3. The van der Waals surface area contributed by atoms with Gasteiger partial charge in [0.15, 0.2) is 0 Å². The molecule has 1 amide bonds. The van der Waals surface area contributed by atoms with Gasteiger partial charge in [-0.2, -0.15) is 0 Å². The van der Waals surface area contributed by atoms with E-state index in [1.807, 2.05) is 6.07 Å². The molecule has 3 heteroatoms. The molecule has 0 bridgehead atoms. The van der Waals surface area contributed by atoms with Crippen molar-refractivity contribution in [3.05, 3.63) is 35.4 Å². The van der Waals surface area contributed by atoms with Crippen LogP contribution in [-0.4, -0.2) is 19.0 Å². The van der Waals surface area contributed by atoms with Crippen molar-refractivity contribution in [2.45, 2.75) is 39.2 Å². The molecule has 0 radical (unpaired) electrons. The lowest BCUT2D eigenvalue weighted by Crippen LogP contribution is -2.46. The van der Waals surface area contributed by atoms with Crippen LogP contribution in [0.25, 0.3) is 0 Å². The minimum absolute atomic E-state index is 0.158. The molecule has 0 saturated carbocycles. The summed E-state index contributed by atoms with van der Waals surface area (Å²) in [6, 6.07) is 8.34. The van der Waals surface area contributed by atoms with Gasteiger partial charge in [0.25, 0.3) is 0 Å². The SMILES string of the molecule is Cc1cccc(C(C)(C)NC(=O)C2CCNCC2)c1. The fourth-order valence-corrected chi connectivity index (χ4v) is 2.60. The van der Waals surface area contributed by atoms with Gasteiger partial charge in [0.2, 0.25) is 5.91 Å². The summed E-state index contributed by atoms with van der Waals surface area (Å²) >= 11 is 0. The topological polar surface area (TPSA) is 41.1 Å². The molecule has 0 unspecified atom stereocenters. The highest BCUT2D eigenvalue weighted by Crippen LogP contribution is 2.22. The second-order valence-electron chi connectivity index (χ2n) is 6.01. The third kappa shape index (κ3) is 3.57. The predicted molar refractivity (Wildman–Crippen MR) is 77.9 cm³/mol. The molecule has 1 aliphatic rings. The van der Waals surface area contributed by atoms with Crippen LogP contribution in [0.15, 0.2) is 24.3 Å². The van der Waals surface area contributed by atoms with Gasteiger partial charge in [0.1, 0.15) is 0 Å². The van der Waals surface area contributed by atoms with Crippen LogP contribution in [0.2, 0.25) is 0 Å². The van der Waals surface area contributed by atoms with Gasteiger partial charge >= 0.3 is 0 Å². The number of hydrogen-bond acceptors (Lipinski definition) is 2. The van der Waals surface area contributed by atoms with Gasteiger partial charge in [-0.05, 0) is 52.3 Å². The number of carbonyl (C=O) groups excluding carboxylic acids is 1. The largest absolute Gasteiger partial charge is 0.347 e. The molecule has 2 rings (SSSR count). The summed E-state index contributed by atoms with van der Waals surface area (Å²) in [5, 5.41) is 6.49. The number of rotatable bonds is 3. The number of piperidine rings is 1. The Morgan fingerprint density at radius 3 is 2.63 bits per heavy atom. The van der Waals surface area contributed by atoms with E-state index in [0.717, 1.165) is 31.5 Å². The zero-order valence-corrected chi connectivity index (χ0v) is 12.1. The van der Waals surface area contributed by atoms with Gasteiger partial charge in [0.05, 0.1) is 5.54 Å². The molecule has 0 aliphatic carbocycles. The third-order valence-corrected chi connectivity index (χ3v) is 3.89. The molecular weight excluding hydrogens is 236 g/mol. The highest BCUT2D eigenvalue weighted by molar-refractivity contribution is 5.79. The lowest BCUT2D eigenvalue weighted by Gasteiger charge is -2.31. The molecule has 1 saturated heterocycles. The predicted octanol–water partition coefficient (Wildman–Crippen LogP) is 2.35. The van der Waals surface area contributed by atoms with Crippen molar-refractivity contribution in [2.24, 2.45) is 5.92 Å². The van der Waals surface area contributed by atoms with E-state index in [-0.39, 0.29) is 17.4 Å². The summed E-state index contributed by atoms with van der Waals surface area (Å²) in [5.41, 5.74) is 2.07. The highest BCUT2D eigenvalue weighted by Gasteiger charge is 2.28. The monoisotopic (exact) mass is 260 g/mol. The molecule has 2 N–H and O–H groups in total. The molecule has 1 aromatic rings. The Morgan fingerprint density at radius 2 is 2.00 bits per heavy atom. The van der Waals surface area contributed by atoms with Crippen LogP contribution in [0.5, 0.6) is 0 Å². The van der Waals surface area contributed by atoms with Crippen LogP contribution < -0.4 is 10.6 Å². The average molecular weight is 260 g/mol. The summed E-state index contributed by atoms with van der Waals surface area (Å²) in [5.74, 6) is 0.346. The Labute approximate surface area is 115 Å². The zero-order valence-electron chi connectivity index (χ0n) is 12.1. The Hall–Kier alpha value is -1.35. The average Bonchev–Trinajstić information content (AvgIpc) is 2.39. The first-order chi connectivity index (χ1) is 8.99. The smallest absolute Gasteiger partial charge is 0.223 e. The fourth-order valence-electron chi connectivity index (χ4n) is 2.60. The molecule has 104 valence electrons. The molecular formula is C16H24N2O. The second kappa shape index (κ2) is 5.74. The van der Waals surface area contributed by atoms with Crippen molar-refractivity contribution in [3.63, 3.8) is 0 Å². The number of aryl methyl sites for hydroxylation is 1. The van der Waals surface area contributed by atoms with Crippen molar-refractivity contribution in [2.75, 3.05) is 13.1 Å². The molecule has 1 heterocycles. The van der Waals surface area contributed by atoms with E-state index in [2.05, 4.69) is 49.6 Å². The second-order valence-corrected chi connectivity index (χ2v) is 6.01. The minimum atomic E-state index is -0.312. The van der Waals surface area contributed by atoms with E-state index >= 15 is 0 Å². The molecule has 1 fully saturated rings. The van der Waals surface area contributed by atoms with Crippen molar-refractivity contribution in [3.8, 4) is 0 Å². The summed E-state index contributed by atoms with van der Waals surface area (Å²) in [6.45, 7) is 8.11. The molecule has 0 spiro atoms. The normalized spacial score (nSPS) is 17.2. The van der Waals surface area contributed by atoms with Crippen molar-refractivity contribution in [1.29, 1.82) is 0 Å². The van der Waals surface area contributed by atoms with Crippen LogP contribution in [0, 0.1) is 12.8 Å². The van der Waals surface area contributed by atoms with Crippen molar-refractivity contribution in [1.82, 2.24) is 10.6 Å². The number of benzene rings is 1. The van der Waals surface area contributed by atoms with E-state index in [9.17, 15) is 4.79 Å². The van der Waals surface area contributed by atoms with E-state index in [1.54, 1.807) is 0 Å². The van der Waals surface area contributed by atoms with Gasteiger partial charge in [-0.1, -0.05) is 29.8 Å². The number of carbonyl (C=O) groups is 1. The molecule has 3 nitrogen and oxygen atoms in total. The first kappa shape index (κ1) is 14.1. The Balaban J connectivity index is 2.05. The minimum Gasteiger partial charge on any atom is -0.347 e. The van der Waals surface area contributed by atoms with Crippen LogP contribution in [0.3, 0.4) is 0 Å². The third-order valence-electron chi connectivity index (χ3n) is 3.89. The van der Waals surface area contributed by atoms with Gasteiger partial charge in [0, 0.05) is 5.92 Å². The van der Waals surface area contributed by atoms with Crippen molar-refractivity contribution < 1.29 is 4.79 Å².